The number of carbonyl (C=O) groups is 2. The van der Waals surface area contributed by atoms with Gasteiger partial charge < -0.3 is 14.2 Å². The maximum absolute atomic E-state index is 12.7. The molecule has 0 fully saturated rings. The van der Waals surface area contributed by atoms with E-state index in [1.807, 2.05) is 44.2 Å². The van der Waals surface area contributed by atoms with Gasteiger partial charge in [-0.05, 0) is 59.9 Å². The fourth-order valence-electron chi connectivity index (χ4n) is 3.97. The quantitative estimate of drug-likeness (QED) is 0.101. The van der Waals surface area contributed by atoms with Gasteiger partial charge >= 0.3 is 11.9 Å². The standard InChI is InChI=1S/C33H38Cl2O5/c1-4-6-7-8-9-10-19-38-31-18-15-26(20-30(31)35)24-11-13-25(14-12-24)32(36)40-27-16-17-28(29(34)21-27)33(37)39-22-23(3)5-2/h11-18,20-21,23H,4-10,19,22H2,1-3H3. The van der Waals surface area contributed by atoms with Gasteiger partial charge in [0.1, 0.15) is 11.5 Å². The number of unbranched alkanes of at least 4 members (excludes halogenated alkanes) is 5. The summed E-state index contributed by atoms with van der Waals surface area (Å²) in [7, 11) is 0. The zero-order valence-corrected chi connectivity index (χ0v) is 25.0. The van der Waals surface area contributed by atoms with Gasteiger partial charge in [0.2, 0.25) is 0 Å². The van der Waals surface area contributed by atoms with Crippen molar-refractivity contribution in [1.29, 1.82) is 0 Å². The lowest BCUT2D eigenvalue weighted by atomic mass is 10.0. The lowest BCUT2D eigenvalue weighted by Gasteiger charge is -2.11. The highest BCUT2D eigenvalue weighted by Crippen LogP contribution is 2.31. The monoisotopic (exact) mass is 584 g/mol. The van der Waals surface area contributed by atoms with Gasteiger partial charge in [0.25, 0.3) is 0 Å². The van der Waals surface area contributed by atoms with Crippen molar-refractivity contribution in [3.05, 3.63) is 81.8 Å². The Morgan fingerprint density at radius 2 is 1.48 bits per heavy atom. The fraction of sp³-hybridized carbons (Fsp3) is 0.394. The Bertz CT molecular complexity index is 1260. The van der Waals surface area contributed by atoms with E-state index in [0.717, 1.165) is 30.4 Å². The van der Waals surface area contributed by atoms with E-state index in [1.165, 1.54) is 43.9 Å². The van der Waals surface area contributed by atoms with Crippen LogP contribution in [-0.4, -0.2) is 25.2 Å². The van der Waals surface area contributed by atoms with Crippen LogP contribution < -0.4 is 9.47 Å². The van der Waals surface area contributed by atoms with Crippen molar-refractivity contribution >= 4 is 35.1 Å². The summed E-state index contributed by atoms with van der Waals surface area (Å²) in [6.07, 6.45) is 8.14. The molecule has 1 atom stereocenters. The van der Waals surface area contributed by atoms with Crippen molar-refractivity contribution in [2.75, 3.05) is 13.2 Å². The van der Waals surface area contributed by atoms with Crippen LogP contribution in [0.3, 0.4) is 0 Å². The summed E-state index contributed by atoms with van der Waals surface area (Å²) in [5.41, 5.74) is 2.43. The summed E-state index contributed by atoms with van der Waals surface area (Å²) in [5, 5.41) is 0.710. The van der Waals surface area contributed by atoms with Crippen molar-refractivity contribution < 1.29 is 23.8 Å². The van der Waals surface area contributed by atoms with Gasteiger partial charge in [-0.3, -0.25) is 0 Å². The van der Waals surface area contributed by atoms with E-state index in [1.54, 1.807) is 12.1 Å². The van der Waals surface area contributed by atoms with Crippen LogP contribution in [0, 0.1) is 5.92 Å². The van der Waals surface area contributed by atoms with Gasteiger partial charge in [-0.2, -0.15) is 0 Å². The topological polar surface area (TPSA) is 61.8 Å². The van der Waals surface area contributed by atoms with Gasteiger partial charge in [-0.15, -0.1) is 0 Å². The number of hydrogen-bond acceptors (Lipinski definition) is 5. The second-order valence-electron chi connectivity index (χ2n) is 9.98. The third-order valence-corrected chi connectivity index (χ3v) is 7.32. The van der Waals surface area contributed by atoms with Crippen molar-refractivity contribution in [2.45, 2.75) is 65.7 Å². The van der Waals surface area contributed by atoms with E-state index in [-0.39, 0.29) is 22.3 Å². The van der Waals surface area contributed by atoms with E-state index in [2.05, 4.69) is 6.92 Å². The minimum absolute atomic E-state index is 0.158. The number of benzene rings is 3. The van der Waals surface area contributed by atoms with Crippen LogP contribution in [0.25, 0.3) is 11.1 Å². The first-order valence-electron chi connectivity index (χ1n) is 14.0. The van der Waals surface area contributed by atoms with Crippen LogP contribution >= 0.6 is 23.2 Å². The Morgan fingerprint density at radius 1 is 0.775 bits per heavy atom. The molecule has 3 aromatic carbocycles. The maximum atomic E-state index is 12.7. The molecule has 0 saturated heterocycles. The Balaban J connectivity index is 1.55. The minimum Gasteiger partial charge on any atom is -0.492 e. The molecule has 5 nitrogen and oxygen atoms in total. The molecule has 7 heteroatoms. The molecule has 0 aliphatic carbocycles. The van der Waals surface area contributed by atoms with Crippen molar-refractivity contribution in [2.24, 2.45) is 5.92 Å². The SMILES string of the molecule is CCCCCCCCOc1ccc(-c2ccc(C(=O)Oc3ccc(C(=O)OCC(C)CC)c(Cl)c3)cc2)cc1Cl. The number of ether oxygens (including phenoxy) is 3. The summed E-state index contributed by atoms with van der Waals surface area (Å²) < 4.78 is 16.6. The Labute approximate surface area is 247 Å². The molecule has 0 spiro atoms. The third kappa shape index (κ3) is 9.57. The van der Waals surface area contributed by atoms with Crippen molar-refractivity contribution in [1.82, 2.24) is 0 Å². The molecule has 0 bridgehead atoms. The third-order valence-electron chi connectivity index (χ3n) is 6.71. The van der Waals surface area contributed by atoms with Gasteiger partial charge in [0.05, 0.1) is 34.4 Å². The van der Waals surface area contributed by atoms with Crippen LogP contribution in [0.15, 0.2) is 60.7 Å². The summed E-state index contributed by atoms with van der Waals surface area (Å²) in [4.78, 5) is 25.0. The first kappa shape index (κ1) is 31.5. The number of carbonyl (C=O) groups excluding carboxylic acids is 2. The van der Waals surface area contributed by atoms with Gasteiger partial charge in [0, 0.05) is 6.07 Å². The first-order chi connectivity index (χ1) is 19.3. The second-order valence-corrected chi connectivity index (χ2v) is 10.8. The maximum Gasteiger partial charge on any atom is 0.343 e. The highest BCUT2D eigenvalue weighted by molar-refractivity contribution is 6.33. The second kappa shape index (κ2) is 16.3. The zero-order chi connectivity index (χ0) is 28.9. The van der Waals surface area contributed by atoms with Crippen LogP contribution in [0.4, 0.5) is 0 Å². The first-order valence-corrected chi connectivity index (χ1v) is 14.8. The largest absolute Gasteiger partial charge is 0.492 e. The number of halogens is 2. The smallest absolute Gasteiger partial charge is 0.343 e. The summed E-state index contributed by atoms with van der Waals surface area (Å²) in [5.74, 6) is 0.135. The molecular formula is C33H38Cl2O5. The molecule has 0 aliphatic rings. The predicted molar refractivity (Wildman–Crippen MR) is 162 cm³/mol. The molecule has 0 N–H and O–H groups in total. The molecule has 1 unspecified atom stereocenters. The van der Waals surface area contributed by atoms with Crippen LogP contribution in [0.2, 0.25) is 10.0 Å². The van der Waals surface area contributed by atoms with E-state index in [4.69, 9.17) is 37.4 Å². The summed E-state index contributed by atoms with van der Waals surface area (Å²) in [6.45, 7) is 7.22. The van der Waals surface area contributed by atoms with E-state index < -0.39 is 11.9 Å². The Morgan fingerprint density at radius 3 is 2.15 bits per heavy atom. The number of rotatable bonds is 15. The van der Waals surface area contributed by atoms with Crippen LogP contribution in [0.1, 0.15) is 86.4 Å². The number of hydrogen-bond donors (Lipinski definition) is 0. The fourth-order valence-corrected chi connectivity index (χ4v) is 4.45. The summed E-state index contributed by atoms with van der Waals surface area (Å²) >= 11 is 12.7. The normalized spacial score (nSPS) is 11.6. The van der Waals surface area contributed by atoms with E-state index >= 15 is 0 Å². The molecule has 0 amide bonds. The van der Waals surface area contributed by atoms with Crippen LogP contribution in [-0.2, 0) is 4.74 Å². The molecule has 0 saturated carbocycles. The van der Waals surface area contributed by atoms with Gasteiger partial charge in [0.15, 0.2) is 0 Å². The number of esters is 2. The molecule has 0 radical (unpaired) electrons. The summed E-state index contributed by atoms with van der Waals surface area (Å²) in [6, 6.07) is 17.2. The lowest BCUT2D eigenvalue weighted by Crippen LogP contribution is -2.12. The molecular weight excluding hydrogens is 547 g/mol. The average Bonchev–Trinajstić information content (AvgIpc) is 2.96. The van der Waals surface area contributed by atoms with Gasteiger partial charge in [-0.25, -0.2) is 9.59 Å². The Hall–Kier alpha value is -3.02. The lowest BCUT2D eigenvalue weighted by molar-refractivity contribution is 0.0447. The predicted octanol–water partition coefficient (Wildman–Crippen LogP) is 9.82. The zero-order valence-electron chi connectivity index (χ0n) is 23.5. The highest BCUT2D eigenvalue weighted by Gasteiger charge is 2.16. The Kier molecular flexibility index (Phi) is 12.8. The molecule has 214 valence electrons. The molecule has 0 heterocycles. The average molecular weight is 586 g/mol. The molecule has 3 rings (SSSR count). The van der Waals surface area contributed by atoms with Crippen molar-refractivity contribution in [3.8, 4) is 22.6 Å². The molecule has 3 aromatic rings. The molecule has 0 aliphatic heterocycles. The van der Waals surface area contributed by atoms with Crippen LogP contribution in [0.5, 0.6) is 11.5 Å². The van der Waals surface area contributed by atoms with Gasteiger partial charge in [-0.1, -0.05) is 101 Å². The molecule has 40 heavy (non-hydrogen) atoms. The van der Waals surface area contributed by atoms with E-state index in [0.29, 0.717) is 29.5 Å². The minimum atomic E-state index is -0.536. The molecule has 0 aromatic heterocycles. The highest BCUT2D eigenvalue weighted by atomic mass is 35.5. The van der Waals surface area contributed by atoms with Crippen molar-refractivity contribution in [3.63, 3.8) is 0 Å². The van der Waals surface area contributed by atoms with E-state index in [9.17, 15) is 9.59 Å².